The SMILES string of the molecule is COCCS(=O)(=O)c1ccc(C(=O)N2CC[C@@H](C(=O)O)C2)cc1. The molecule has 7 nitrogen and oxygen atoms in total. The van der Waals surface area contributed by atoms with Gasteiger partial charge in [0, 0.05) is 25.8 Å². The maximum atomic E-state index is 12.3. The van der Waals surface area contributed by atoms with Gasteiger partial charge in [-0.15, -0.1) is 0 Å². The van der Waals surface area contributed by atoms with E-state index < -0.39 is 21.7 Å². The smallest absolute Gasteiger partial charge is 0.308 e. The molecule has 0 aliphatic carbocycles. The highest BCUT2D eigenvalue weighted by Gasteiger charge is 2.31. The standard InChI is InChI=1S/C15H19NO6S/c1-22-8-9-23(20,21)13-4-2-11(3-5-13)14(17)16-7-6-12(10-16)15(18)19/h2-5,12H,6-10H2,1H3,(H,18,19)/t12-/m1/s1. The zero-order valence-corrected chi connectivity index (χ0v) is 13.6. The lowest BCUT2D eigenvalue weighted by Gasteiger charge is -2.16. The quantitative estimate of drug-likeness (QED) is 0.815. The summed E-state index contributed by atoms with van der Waals surface area (Å²) in [6.07, 6.45) is 0.435. The van der Waals surface area contributed by atoms with Gasteiger partial charge in [-0.2, -0.15) is 0 Å². The molecule has 1 N–H and O–H groups in total. The fourth-order valence-corrected chi connectivity index (χ4v) is 3.62. The van der Waals surface area contributed by atoms with Crippen LogP contribution >= 0.6 is 0 Å². The van der Waals surface area contributed by atoms with Crippen molar-refractivity contribution in [3.05, 3.63) is 29.8 Å². The van der Waals surface area contributed by atoms with Crippen molar-refractivity contribution in [1.29, 1.82) is 0 Å². The van der Waals surface area contributed by atoms with E-state index in [0.29, 0.717) is 18.5 Å². The van der Waals surface area contributed by atoms with Gasteiger partial charge in [-0.25, -0.2) is 8.42 Å². The highest BCUT2D eigenvalue weighted by molar-refractivity contribution is 7.91. The number of rotatable bonds is 6. The Labute approximate surface area is 134 Å². The summed E-state index contributed by atoms with van der Waals surface area (Å²) < 4.78 is 28.8. The Hall–Kier alpha value is -1.93. The van der Waals surface area contributed by atoms with Crippen LogP contribution in [-0.2, 0) is 19.4 Å². The number of hydrogen-bond donors (Lipinski definition) is 1. The minimum absolute atomic E-state index is 0.105. The number of likely N-dealkylation sites (tertiary alicyclic amines) is 1. The van der Waals surface area contributed by atoms with E-state index in [1.807, 2.05) is 0 Å². The lowest BCUT2D eigenvalue weighted by Crippen LogP contribution is -2.29. The second kappa shape index (κ2) is 7.10. The highest BCUT2D eigenvalue weighted by atomic mass is 32.2. The van der Waals surface area contributed by atoms with Gasteiger partial charge in [0.2, 0.25) is 0 Å². The molecule has 0 saturated carbocycles. The molecule has 1 fully saturated rings. The zero-order valence-electron chi connectivity index (χ0n) is 12.8. The summed E-state index contributed by atoms with van der Waals surface area (Å²) >= 11 is 0. The highest BCUT2D eigenvalue weighted by Crippen LogP contribution is 2.20. The van der Waals surface area contributed by atoms with E-state index in [1.165, 1.54) is 36.3 Å². The van der Waals surface area contributed by atoms with Gasteiger partial charge in [-0.05, 0) is 30.7 Å². The predicted octanol–water partition coefficient (Wildman–Crippen LogP) is 0.653. The van der Waals surface area contributed by atoms with Crippen molar-refractivity contribution in [2.45, 2.75) is 11.3 Å². The number of sulfone groups is 1. The van der Waals surface area contributed by atoms with E-state index in [2.05, 4.69) is 0 Å². The van der Waals surface area contributed by atoms with Crippen LogP contribution < -0.4 is 0 Å². The lowest BCUT2D eigenvalue weighted by molar-refractivity contribution is -0.141. The minimum atomic E-state index is -3.43. The Kier molecular flexibility index (Phi) is 5.38. The van der Waals surface area contributed by atoms with Gasteiger partial charge < -0.3 is 14.7 Å². The van der Waals surface area contributed by atoms with E-state index in [0.717, 1.165) is 0 Å². The number of carbonyl (C=O) groups excluding carboxylic acids is 1. The molecule has 126 valence electrons. The Morgan fingerprint density at radius 2 is 1.96 bits per heavy atom. The van der Waals surface area contributed by atoms with Crippen molar-refractivity contribution >= 4 is 21.7 Å². The Morgan fingerprint density at radius 1 is 1.30 bits per heavy atom. The van der Waals surface area contributed by atoms with Crippen LogP contribution in [-0.4, -0.2) is 62.9 Å². The van der Waals surface area contributed by atoms with Crippen LogP contribution in [0.15, 0.2) is 29.2 Å². The van der Waals surface area contributed by atoms with Crippen molar-refractivity contribution in [3.8, 4) is 0 Å². The van der Waals surface area contributed by atoms with Crippen LogP contribution in [0.1, 0.15) is 16.8 Å². The van der Waals surface area contributed by atoms with E-state index >= 15 is 0 Å². The summed E-state index contributed by atoms with van der Waals surface area (Å²) in [6.45, 7) is 0.680. The van der Waals surface area contributed by atoms with Crippen molar-refractivity contribution < 1.29 is 27.9 Å². The van der Waals surface area contributed by atoms with Crippen molar-refractivity contribution in [1.82, 2.24) is 4.90 Å². The van der Waals surface area contributed by atoms with Crippen LogP contribution in [0.5, 0.6) is 0 Å². The van der Waals surface area contributed by atoms with E-state index in [1.54, 1.807) is 0 Å². The monoisotopic (exact) mass is 341 g/mol. The van der Waals surface area contributed by atoms with E-state index in [4.69, 9.17) is 9.84 Å². The predicted molar refractivity (Wildman–Crippen MR) is 82.0 cm³/mol. The summed E-state index contributed by atoms with van der Waals surface area (Å²) in [7, 11) is -2.00. The van der Waals surface area contributed by atoms with Crippen LogP contribution in [0.4, 0.5) is 0 Å². The number of carboxylic acid groups (broad SMARTS) is 1. The van der Waals surface area contributed by atoms with Crippen molar-refractivity contribution in [3.63, 3.8) is 0 Å². The third kappa shape index (κ3) is 4.08. The molecule has 1 aromatic carbocycles. The van der Waals surface area contributed by atoms with Crippen molar-refractivity contribution in [2.24, 2.45) is 5.92 Å². The third-order valence-corrected chi connectivity index (χ3v) is 5.54. The Bertz CT molecular complexity index is 682. The number of carboxylic acids is 1. The molecule has 8 heteroatoms. The maximum absolute atomic E-state index is 12.3. The molecule has 1 aliphatic rings. The minimum Gasteiger partial charge on any atom is -0.481 e. The van der Waals surface area contributed by atoms with Crippen LogP contribution in [0, 0.1) is 5.92 Å². The fraction of sp³-hybridized carbons (Fsp3) is 0.467. The molecule has 23 heavy (non-hydrogen) atoms. The van der Waals surface area contributed by atoms with E-state index in [9.17, 15) is 18.0 Å². The van der Waals surface area contributed by atoms with Crippen LogP contribution in [0.3, 0.4) is 0 Å². The molecular weight excluding hydrogens is 322 g/mol. The normalized spacial score (nSPS) is 18.1. The van der Waals surface area contributed by atoms with Gasteiger partial charge in [0.05, 0.1) is 23.2 Å². The number of methoxy groups -OCH3 is 1. The molecule has 1 amide bonds. The average molecular weight is 341 g/mol. The Morgan fingerprint density at radius 3 is 2.48 bits per heavy atom. The second-order valence-electron chi connectivity index (χ2n) is 5.41. The molecule has 0 spiro atoms. The first-order valence-electron chi connectivity index (χ1n) is 7.19. The fourth-order valence-electron chi connectivity index (χ4n) is 2.44. The van der Waals surface area contributed by atoms with Gasteiger partial charge in [-0.3, -0.25) is 9.59 Å². The first-order valence-corrected chi connectivity index (χ1v) is 8.84. The molecule has 1 saturated heterocycles. The second-order valence-corrected chi connectivity index (χ2v) is 7.52. The molecule has 1 aromatic rings. The summed E-state index contributed by atoms with van der Waals surface area (Å²) in [5, 5.41) is 8.97. The number of aliphatic carboxylic acids is 1. The van der Waals surface area contributed by atoms with E-state index in [-0.39, 0.29) is 29.7 Å². The molecule has 1 heterocycles. The largest absolute Gasteiger partial charge is 0.481 e. The number of benzene rings is 1. The van der Waals surface area contributed by atoms with Gasteiger partial charge in [0.1, 0.15) is 0 Å². The zero-order chi connectivity index (χ0) is 17.0. The molecule has 0 unspecified atom stereocenters. The average Bonchev–Trinajstić information content (AvgIpc) is 3.02. The molecule has 0 radical (unpaired) electrons. The van der Waals surface area contributed by atoms with Gasteiger partial charge >= 0.3 is 5.97 Å². The number of nitrogens with zero attached hydrogens (tertiary/aromatic N) is 1. The maximum Gasteiger partial charge on any atom is 0.308 e. The van der Waals surface area contributed by atoms with Crippen molar-refractivity contribution in [2.75, 3.05) is 32.6 Å². The number of carbonyl (C=O) groups is 2. The number of amides is 1. The molecular formula is C15H19NO6S. The van der Waals surface area contributed by atoms with Crippen LogP contribution in [0.25, 0.3) is 0 Å². The first-order chi connectivity index (χ1) is 10.8. The number of ether oxygens (including phenoxy) is 1. The summed E-state index contributed by atoms with van der Waals surface area (Å²) in [5.74, 6) is -1.84. The van der Waals surface area contributed by atoms with Gasteiger partial charge in [-0.1, -0.05) is 0 Å². The van der Waals surface area contributed by atoms with Gasteiger partial charge in [0.25, 0.3) is 5.91 Å². The molecule has 0 aromatic heterocycles. The summed E-state index contributed by atoms with van der Waals surface area (Å²) in [6, 6.07) is 5.69. The molecule has 1 atom stereocenters. The summed E-state index contributed by atoms with van der Waals surface area (Å²) in [4.78, 5) is 24.9. The Balaban J connectivity index is 2.08. The topological polar surface area (TPSA) is 101 Å². The molecule has 0 bridgehead atoms. The van der Waals surface area contributed by atoms with Crippen LogP contribution in [0.2, 0.25) is 0 Å². The third-order valence-electron chi connectivity index (χ3n) is 3.84. The molecule has 1 aliphatic heterocycles. The summed E-state index contributed by atoms with van der Waals surface area (Å²) in [5.41, 5.74) is 0.349. The first kappa shape index (κ1) is 17.4. The lowest BCUT2D eigenvalue weighted by atomic mass is 10.1. The number of hydrogen-bond acceptors (Lipinski definition) is 5. The van der Waals surface area contributed by atoms with Gasteiger partial charge in [0.15, 0.2) is 9.84 Å². The molecule has 2 rings (SSSR count).